The fourth-order valence-electron chi connectivity index (χ4n) is 5.77. The Morgan fingerprint density at radius 2 is 0.933 bits per heavy atom. The van der Waals surface area contributed by atoms with Gasteiger partial charge in [-0.15, -0.1) is 0 Å². The molecule has 0 heterocycles. The molecule has 0 aliphatic carbocycles. The van der Waals surface area contributed by atoms with Crippen LogP contribution in [0.25, 0.3) is 0 Å². The maximum Gasteiger partial charge on any atom is 0.472 e. The monoisotopic (exact) mass is 856 g/mol. The van der Waals surface area contributed by atoms with Crippen LogP contribution in [-0.4, -0.2) is 49.9 Å². The fraction of sp³-hybridized carbons (Fsp3) is 0.627. The molecule has 0 aromatic heterocycles. The maximum absolute atomic E-state index is 12.6. The molecular weight excluding hydrogens is 770 g/mol. The topological polar surface area (TPSA) is 117 Å². The van der Waals surface area contributed by atoms with Crippen molar-refractivity contribution in [1.82, 2.24) is 0 Å². The van der Waals surface area contributed by atoms with Gasteiger partial charge in [-0.05, 0) is 103 Å². The van der Waals surface area contributed by atoms with Crippen molar-refractivity contribution in [2.75, 3.05) is 33.0 Å². The predicted molar refractivity (Wildman–Crippen MR) is 256 cm³/mol. The second kappa shape index (κ2) is 47.2. The smallest absolute Gasteiger partial charge is 0.457 e. The van der Waals surface area contributed by atoms with Crippen LogP contribution in [0.1, 0.15) is 168 Å². The molecule has 342 valence electrons. The number of carbonyl (C=O) groups excluding carboxylic acids is 1. The van der Waals surface area contributed by atoms with Gasteiger partial charge in [0.15, 0.2) is 0 Å². The molecule has 0 aromatic carbocycles. The zero-order valence-corrected chi connectivity index (χ0v) is 38.8. The lowest BCUT2D eigenvalue weighted by Crippen LogP contribution is -2.28. The summed E-state index contributed by atoms with van der Waals surface area (Å²) in [6, 6.07) is 0. The number of unbranched alkanes of at least 4 members (excludes halogenated alkanes) is 12. The summed E-state index contributed by atoms with van der Waals surface area (Å²) in [5.41, 5.74) is 5.37. The molecule has 0 saturated heterocycles. The van der Waals surface area contributed by atoms with E-state index in [1.807, 2.05) is 0 Å². The number of rotatable bonds is 43. The molecule has 9 heteroatoms. The Hall–Kier alpha value is -2.84. The molecule has 60 heavy (non-hydrogen) atoms. The molecule has 0 aliphatic rings. The molecule has 0 radical (unpaired) electrons. The van der Waals surface area contributed by atoms with Gasteiger partial charge in [-0.3, -0.25) is 13.8 Å². The van der Waals surface area contributed by atoms with Crippen LogP contribution in [0, 0.1) is 0 Å². The van der Waals surface area contributed by atoms with Crippen molar-refractivity contribution in [2.24, 2.45) is 5.73 Å². The van der Waals surface area contributed by atoms with Crippen molar-refractivity contribution in [1.29, 1.82) is 0 Å². The third-order valence-electron chi connectivity index (χ3n) is 9.17. The van der Waals surface area contributed by atoms with Gasteiger partial charge in [-0.25, -0.2) is 4.57 Å². The van der Waals surface area contributed by atoms with Crippen LogP contribution in [0.15, 0.2) is 109 Å². The van der Waals surface area contributed by atoms with E-state index in [9.17, 15) is 14.3 Å². The van der Waals surface area contributed by atoms with Crippen molar-refractivity contribution >= 4 is 13.8 Å². The van der Waals surface area contributed by atoms with Gasteiger partial charge in [0, 0.05) is 19.6 Å². The normalized spacial score (nSPS) is 14.4. The van der Waals surface area contributed by atoms with E-state index >= 15 is 0 Å². The van der Waals surface area contributed by atoms with Crippen molar-refractivity contribution in [3.8, 4) is 0 Å². The third-order valence-corrected chi connectivity index (χ3v) is 10.2. The number of allylic oxidation sites excluding steroid dienone is 18. The Morgan fingerprint density at radius 1 is 0.517 bits per heavy atom. The second-order valence-electron chi connectivity index (χ2n) is 14.9. The first kappa shape index (κ1) is 57.2. The van der Waals surface area contributed by atoms with Crippen LogP contribution < -0.4 is 5.73 Å². The molecule has 0 fully saturated rings. The largest absolute Gasteiger partial charge is 0.472 e. The van der Waals surface area contributed by atoms with Crippen LogP contribution in [0.4, 0.5) is 0 Å². The molecule has 0 aliphatic heterocycles. The average molecular weight is 856 g/mol. The molecule has 2 atom stereocenters. The summed E-state index contributed by atoms with van der Waals surface area (Å²) in [7, 11) is -4.30. The summed E-state index contributed by atoms with van der Waals surface area (Å²) in [6.45, 7) is 4.63. The van der Waals surface area contributed by atoms with Crippen LogP contribution in [-0.2, 0) is 27.9 Å². The molecule has 0 rings (SSSR count). The second-order valence-corrected chi connectivity index (χ2v) is 16.3. The summed E-state index contributed by atoms with van der Waals surface area (Å²) in [4.78, 5) is 22.5. The number of ether oxygens (including phenoxy) is 2. The Bertz CT molecular complexity index is 1280. The van der Waals surface area contributed by atoms with E-state index in [4.69, 9.17) is 24.3 Å². The standard InChI is InChI=1S/C51H86NO7P/c1-3-5-7-9-11-13-15-17-19-21-22-23-24-25-26-27-29-31-33-35-37-39-41-43-46-56-48-50(49-58-60(54,55)57-47-45-52)59-51(53)44-42-40-38-36-34-32-30-28-20-18-16-14-12-10-8-6-4-2/h5,7,11-14,17-20,22-23,25-26,29,31,35,37,50H,3-4,6,8-10,15-16,21,24,27-28,30,32-34,36,38-49,52H2,1-2H3,(H,54,55)/b7-5-,13-11-,14-12-,19-17-,20-18-,23-22-,26-25-,31-29-,37-35-. The minimum Gasteiger partial charge on any atom is -0.457 e. The van der Waals surface area contributed by atoms with Gasteiger partial charge in [-0.2, -0.15) is 0 Å². The van der Waals surface area contributed by atoms with Crippen molar-refractivity contribution < 1.29 is 32.8 Å². The molecule has 2 unspecified atom stereocenters. The lowest BCUT2D eigenvalue weighted by molar-refractivity contribution is -0.154. The zero-order valence-electron chi connectivity index (χ0n) is 37.9. The average Bonchev–Trinajstić information content (AvgIpc) is 3.24. The van der Waals surface area contributed by atoms with E-state index in [2.05, 4.69) is 123 Å². The number of phosphoric acid groups is 1. The lowest BCUT2D eigenvalue weighted by atomic mass is 10.1. The first-order valence-electron chi connectivity index (χ1n) is 23.4. The molecule has 0 aromatic rings. The van der Waals surface area contributed by atoms with Gasteiger partial charge in [0.25, 0.3) is 0 Å². The van der Waals surface area contributed by atoms with E-state index in [0.29, 0.717) is 13.0 Å². The highest BCUT2D eigenvalue weighted by Crippen LogP contribution is 2.43. The van der Waals surface area contributed by atoms with Crippen LogP contribution in [0.5, 0.6) is 0 Å². The Labute approximate surface area is 367 Å². The van der Waals surface area contributed by atoms with E-state index in [-0.39, 0.29) is 32.3 Å². The maximum atomic E-state index is 12.6. The molecule has 3 N–H and O–H groups in total. The summed E-state index contributed by atoms with van der Waals surface area (Å²) >= 11 is 0. The van der Waals surface area contributed by atoms with E-state index in [1.54, 1.807) is 0 Å². The molecule has 0 bridgehead atoms. The quantitative estimate of drug-likeness (QED) is 0.0269. The van der Waals surface area contributed by atoms with Crippen molar-refractivity contribution in [3.63, 3.8) is 0 Å². The molecular formula is C51H86NO7P. The summed E-state index contributed by atoms with van der Waals surface area (Å²) < 4.78 is 33.4. The zero-order chi connectivity index (χ0) is 43.7. The van der Waals surface area contributed by atoms with Crippen LogP contribution >= 0.6 is 7.82 Å². The van der Waals surface area contributed by atoms with Gasteiger partial charge in [0.1, 0.15) is 6.10 Å². The first-order chi connectivity index (χ1) is 29.4. The van der Waals surface area contributed by atoms with E-state index < -0.39 is 13.9 Å². The third kappa shape index (κ3) is 46.2. The molecule has 0 saturated carbocycles. The summed E-state index contributed by atoms with van der Waals surface area (Å²) in [6.07, 6.45) is 64.0. The van der Waals surface area contributed by atoms with Gasteiger partial charge in [0.2, 0.25) is 0 Å². The predicted octanol–water partition coefficient (Wildman–Crippen LogP) is 14.4. The van der Waals surface area contributed by atoms with Crippen molar-refractivity contribution in [3.05, 3.63) is 109 Å². The SMILES string of the molecule is CC/C=C\C/C=C\C/C=C\C/C=C\C/C=C\C/C=C\C/C=C\CCCCOCC(COP(=O)(O)OCCN)OC(=O)CCCCCCCCC/C=C\C/C=C\CCCCC. The van der Waals surface area contributed by atoms with Crippen molar-refractivity contribution in [2.45, 2.75) is 174 Å². The summed E-state index contributed by atoms with van der Waals surface area (Å²) in [5.74, 6) is -0.359. The number of hydrogen-bond donors (Lipinski definition) is 2. The minimum atomic E-state index is -4.30. The highest BCUT2D eigenvalue weighted by Gasteiger charge is 2.25. The Balaban J connectivity index is 4.14. The minimum absolute atomic E-state index is 0.0755. The fourth-order valence-corrected chi connectivity index (χ4v) is 6.53. The van der Waals surface area contributed by atoms with Crippen LogP contribution in [0.3, 0.4) is 0 Å². The number of nitrogens with two attached hydrogens (primary N) is 1. The van der Waals surface area contributed by atoms with Gasteiger partial charge < -0.3 is 20.1 Å². The summed E-state index contributed by atoms with van der Waals surface area (Å²) in [5, 5.41) is 0. The highest BCUT2D eigenvalue weighted by molar-refractivity contribution is 7.47. The molecule has 0 spiro atoms. The van der Waals surface area contributed by atoms with Crippen LogP contribution in [0.2, 0.25) is 0 Å². The first-order valence-corrected chi connectivity index (χ1v) is 24.9. The number of phosphoric ester groups is 1. The lowest BCUT2D eigenvalue weighted by Gasteiger charge is -2.20. The Morgan fingerprint density at radius 3 is 1.40 bits per heavy atom. The Kier molecular flexibility index (Phi) is 45.0. The molecule has 0 amide bonds. The van der Waals surface area contributed by atoms with Gasteiger partial charge in [-0.1, -0.05) is 168 Å². The van der Waals surface area contributed by atoms with E-state index in [1.165, 1.54) is 44.9 Å². The highest BCUT2D eigenvalue weighted by atomic mass is 31.2. The molecule has 8 nitrogen and oxygen atoms in total. The number of carbonyl (C=O) groups is 1. The van der Waals surface area contributed by atoms with E-state index in [0.717, 1.165) is 103 Å². The van der Waals surface area contributed by atoms with Gasteiger partial charge in [0.05, 0.1) is 19.8 Å². The number of hydrogen-bond acceptors (Lipinski definition) is 7. The number of esters is 1. The van der Waals surface area contributed by atoms with Gasteiger partial charge >= 0.3 is 13.8 Å².